The Morgan fingerprint density at radius 1 is 1.21 bits per heavy atom. The number of fused-ring (bicyclic) bond motifs is 1. The Morgan fingerprint density at radius 2 is 2.00 bits per heavy atom. The Hall–Kier alpha value is -3.77. The van der Waals surface area contributed by atoms with Crippen molar-refractivity contribution in [2.45, 2.75) is 46.7 Å². The van der Waals surface area contributed by atoms with Crippen molar-refractivity contribution in [3.63, 3.8) is 0 Å². The molecule has 2 fully saturated rings. The number of hydrogen-bond donors (Lipinski definition) is 2. The van der Waals surface area contributed by atoms with Gasteiger partial charge in [0.1, 0.15) is 6.04 Å². The molecular weight excluding hydrogens is 556 g/mol. The normalized spacial score (nSPS) is 21.3. The van der Waals surface area contributed by atoms with Crippen LogP contribution in [0.3, 0.4) is 0 Å². The number of ether oxygens (including phenoxy) is 1. The van der Waals surface area contributed by atoms with Gasteiger partial charge in [-0.05, 0) is 51.3 Å². The van der Waals surface area contributed by atoms with Gasteiger partial charge in [-0.2, -0.15) is 0 Å². The van der Waals surface area contributed by atoms with Gasteiger partial charge in [-0.25, -0.2) is 14.6 Å². The molecule has 0 unspecified atom stereocenters. The zero-order chi connectivity index (χ0) is 30.2. The number of amides is 2. The maximum absolute atomic E-state index is 13.6. The van der Waals surface area contributed by atoms with Crippen LogP contribution in [0.15, 0.2) is 46.0 Å². The zero-order valence-corrected chi connectivity index (χ0v) is 25.5. The number of aryl methyl sites for hydroxylation is 1. The fourth-order valence-electron chi connectivity index (χ4n) is 5.80. The lowest BCUT2D eigenvalue weighted by Crippen LogP contribution is -2.53. The highest BCUT2D eigenvalue weighted by Gasteiger charge is 2.44. The largest absolute Gasteiger partial charge is 0.481 e. The third-order valence-electron chi connectivity index (χ3n) is 8.26. The van der Waals surface area contributed by atoms with Crippen molar-refractivity contribution < 1.29 is 24.2 Å². The third-order valence-corrected chi connectivity index (χ3v) is 9.04. The molecule has 0 bridgehead atoms. The molecule has 0 saturated carbocycles. The van der Waals surface area contributed by atoms with E-state index >= 15 is 0 Å². The number of nitrogens with one attached hydrogen (secondary N) is 1. The first-order valence-electron chi connectivity index (χ1n) is 14.2. The van der Waals surface area contributed by atoms with E-state index in [9.17, 15) is 19.5 Å². The van der Waals surface area contributed by atoms with Gasteiger partial charge in [-0.1, -0.05) is 18.2 Å². The van der Waals surface area contributed by atoms with Crippen LogP contribution in [0.25, 0.3) is 0 Å². The molecule has 2 saturated heterocycles. The highest BCUT2D eigenvalue weighted by atomic mass is 32.1. The Balaban J connectivity index is 1.45. The van der Waals surface area contributed by atoms with Gasteiger partial charge in [0.2, 0.25) is 0 Å². The average molecular weight is 595 g/mol. The molecule has 0 spiro atoms. The van der Waals surface area contributed by atoms with Crippen LogP contribution < -0.4 is 5.32 Å². The molecule has 3 aliphatic rings. The Kier molecular flexibility index (Phi) is 8.38. The molecule has 5 rings (SSSR count). The number of esters is 1. The lowest BCUT2D eigenvalue weighted by Gasteiger charge is -2.38. The molecule has 2 aromatic rings. The van der Waals surface area contributed by atoms with Crippen molar-refractivity contribution in [1.29, 1.82) is 0 Å². The molecule has 42 heavy (non-hydrogen) atoms. The predicted octanol–water partition coefficient (Wildman–Crippen LogP) is 3.20. The summed E-state index contributed by atoms with van der Waals surface area (Å²) in [6.45, 7) is 12.2. The second kappa shape index (κ2) is 11.8. The summed E-state index contributed by atoms with van der Waals surface area (Å²) in [5.41, 5.74) is 3.26. The summed E-state index contributed by atoms with van der Waals surface area (Å²) in [6, 6.07) is 5.27. The number of carbonyl (C=O) groups is 3. The Morgan fingerprint density at radius 3 is 2.69 bits per heavy atom. The summed E-state index contributed by atoms with van der Waals surface area (Å²) >= 11 is 1.47. The summed E-state index contributed by atoms with van der Waals surface area (Å²) in [4.78, 5) is 53.6. The molecular formula is C30H38N6O5S. The number of thiazole rings is 1. The van der Waals surface area contributed by atoms with Crippen LogP contribution in [-0.4, -0.2) is 101 Å². The van der Waals surface area contributed by atoms with Crippen molar-refractivity contribution in [3.8, 4) is 0 Å². The summed E-state index contributed by atoms with van der Waals surface area (Å²) < 4.78 is 5.57. The van der Waals surface area contributed by atoms with Gasteiger partial charge in [0.05, 0.1) is 23.6 Å². The predicted molar refractivity (Wildman–Crippen MR) is 159 cm³/mol. The van der Waals surface area contributed by atoms with Gasteiger partial charge in [0.25, 0.3) is 0 Å². The summed E-state index contributed by atoms with van der Waals surface area (Å²) in [5, 5.41) is 15.6. The Labute approximate surface area is 249 Å². The summed E-state index contributed by atoms with van der Waals surface area (Å²) in [5.74, 6) is -0.736. The summed E-state index contributed by atoms with van der Waals surface area (Å²) in [6.07, 6.45) is 1.73. The summed E-state index contributed by atoms with van der Waals surface area (Å²) in [7, 11) is 0. The number of carboxylic acids is 1. The third kappa shape index (κ3) is 5.78. The van der Waals surface area contributed by atoms with Crippen LogP contribution in [0.2, 0.25) is 0 Å². The van der Waals surface area contributed by atoms with E-state index in [1.54, 1.807) is 31.9 Å². The van der Waals surface area contributed by atoms with E-state index in [0.29, 0.717) is 49.8 Å². The average Bonchev–Trinajstić information content (AvgIpc) is 3.58. The molecule has 2 atom stereocenters. The Bertz CT molecular complexity index is 1440. The fraction of sp³-hybridized carbons (Fsp3) is 0.500. The minimum atomic E-state index is -1.04. The number of rotatable bonds is 9. The maximum atomic E-state index is 13.6. The van der Waals surface area contributed by atoms with E-state index in [1.807, 2.05) is 42.3 Å². The maximum Gasteiger partial charge on any atom is 0.338 e. The van der Waals surface area contributed by atoms with E-state index in [1.165, 1.54) is 11.3 Å². The lowest BCUT2D eigenvalue weighted by molar-refractivity contribution is -0.147. The van der Waals surface area contributed by atoms with Gasteiger partial charge < -0.3 is 25.0 Å². The number of aliphatic carboxylic acids is 1. The van der Waals surface area contributed by atoms with E-state index in [-0.39, 0.29) is 25.2 Å². The highest BCUT2D eigenvalue weighted by molar-refractivity contribution is 7.11. The van der Waals surface area contributed by atoms with Crippen LogP contribution in [-0.2, 0) is 14.3 Å². The number of nitrogens with zero attached hydrogens (tertiary/aromatic N) is 5. The first-order chi connectivity index (χ1) is 20.0. The first-order valence-corrected chi connectivity index (χ1v) is 15.1. The number of amidine groups is 1. The standard InChI is InChI=1S/C30H38N6O5S/c1-6-41-27(37)23-22(16-34-11-12-36-20(14-34)15-35(29(36)40)17-30(4,5)28(38)39)32-25(26-31-10-13-42-26)33-24(23)21-9-7-8-18(2)19(21)3/h7-10,13,20,24H,6,11-12,14-17H2,1-5H3,(H,32,33)(H,38,39)/t20-,24-/m0/s1. The number of benzene rings is 1. The van der Waals surface area contributed by atoms with Gasteiger partial charge in [-0.3, -0.25) is 14.7 Å². The number of piperazine rings is 1. The number of urea groups is 1. The van der Waals surface area contributed by atoms with Crippen LogP contribution in [0, 0.1) is 19.3 Å². The molecule has 224 valence electrons. The highest BCUT2D eigenvalue weighted by Crippen LogP contribution is 2.36. The van der Waals surface area contributed by atoms with Crippen molar-refractivity contribution >= 4 is 35.1 Å². The number of carboxylic acid groups (broad SMARTS) is 1. The van der Waals surface area contributed by atoms with Gasteiger partial charge in [-0.15, -0.1) is 11.3 Å². The molecule has 2 N–H and O–H groups in total. The van der Waals surface area contributed by atoms with Gasteiger partial charge in [0, 0.05) is 56.5 Å². The first kappa shape index (κ1) is 29.7. The number of hydrogen-bond acceptors (Lipinski definition) is 9. The molecule has 1 aromatic heterocycles. The van der Waals surface area contributed by atoms with E-state index < -0.39 is 23.4 Å². The fourth-order valence-corrected chi connectivity index (χ4v) is 6.39. The van der Waals surface area contributed by atoms with Gasteiger partial charge in [0.15, 0.2) is 10.8 Å². The smallest absolute Gasteiger partial charge is 0.338 e. The molecule has 0 radical (unpaired) electrons. The number of carbonyl (C=O) groups excluding carboxylic acids is 2. The lowest BCUT2D eigenvalue weighted by atomic mass is 9.90. The molecule has 2 amide bonds. The molecule has 11 nitrogen and oxygen atoms in total. The number of aliphatic imine (C=N–C) groups is 1. The van der Waals surface area contributed by atoms with Crippen LogP contribution in [0.4, 0.5) is 4.79 Å². The second-order valence-electron chi connectivity index (χ2n) is 11.7. The van der Waals surface area contributed by atoms with Crippen molar-refractivity contribution in [2.24, 2.45) is 10.4 Å². The quantitative estimate of drug-likeness (QED) is 0.424. The minimum Gasteiger partial charge on any atom is -0.481 e. The molecule has 12 heteroatoms. The van der Waals surface area contributed by atoms with Crippen molar-refractivity contribution in [1.82, 2.24) is 25.0 Å². The molecule has 4 heterocycles. The van der Waals surface area contributed by atoms with Crippen LogP contribution in [0.5, 0.6) is 0 Å². The molecule has 3 aliphatic heterocycles. The topological polar surface area (TPSA) is 128 Å². The number of aromatic nitrogens is 1. The SMILES string of the molecule is CCOC(=O)C1=C(CN2CCN3C(=O)N(CC(C)(C)C(=O)O)C[C@@H]3C2)NC(c2nccs2)=N[C@H]1c1cccc(C)c1C. The minimum absolute atomic E-state index is 0.0759. The van der Waals surface area contributed by atoms with E-state index in [4.69, 9.17) is 9.73 Å². The second-order valence-corrected chi connectivity index (χ2v) is 12.6. The van der Waals surface area contributed by atoms with Crippen LogP contribution >= 0.6 is 11.3 Å². The molecule has 1 aromatic carbocycles. The monoisotopic (exact) mass is 594 g/mol. The van der Waals surface area contributed by atoms with E-state index in [2.05, 4.69) is 15.2 Å². The van der Waals surface area contributed by atoms with Crippen LogP contribution in [0.1, 0.15) is 48.5 Å². The molecule has 0 aliphatic carbocycles. The van der Waals surface area contributed by atoms with Gasteiger partial charge >= 0.3 is 18.0 Å². The van der Waals surface area contributed by atoms with Crippen molar-refractivity contribution in [3.05, 3.63) is 62.7 Å². The van der Waals surface area contributed by atoms with E-state index in [0.717, 1.165) is 21.7 Å². The zero-order valence-electron chi connectivity index (χ0n) is 24.7. The van der Waals surface area contributed by atoms with Crippen molar-refractivity contribution in [2.75, 3.05) is 45.9 Å².